The van der Waals surface area contributed by atoms with Crippen LogP contribution < -0.4 is 19.9 Å². The number of hydrogen-bond acceptors (Lipinski definition) is 5. The molecule has 2 aromatic carbocycles. The van der Waals surface area contributed by atoms with E-state index in [1.54, 1.807) is 21.3 Å². The molecule has 1 aliphatic rings. The van der Waals surface area contributed by atoms with E-state index in [4.69, 9.17) is 19.9 Å². The van der Waals surface area contributed by atoms with Gasteiger partial charge in [0.15, 0.2) is 11.5 Å². The molecule has 1 saturated heterocycles. The van der Waals surface area contributed by atoms with Gasteiger partial charge in [-0.05, 0) is 11.6 Å². The van der Waals surface area contributed by atoms with Crippen molar-refractivity contribution in [2.45, 2.75) is 18.5 Å². The highest BCUT2D eigenvalue weighted by Gasteiger charge is 2.31. The summed E-state index contributed by atoms with van der Waals surface area (Å²) in [5.74, 6) is 2.53. The predicted molar refractivity (Wildman–Crippen MR) is 106 cm³/mol. The van der Waals surface area contributed by atoms with Crippen molar-refractivity contribution >= 4 is 12.4 Å². The van der Waals surface area contributed by atoms with Crippen LogP contribution in [0, 0.1) is 0 Å². The van der Waals surface area contributed by atoms with Crippen LogP contribution in [0.3, 0.4) is 0 Å². The van der Waals surface area contributed by atoms with Gasteiger partial charge in [0.1, 0.15) is 5.75 Å². The zero-order valence-electron chi connectivity index (χ0n) is 15.5. The van der Waals surface area contributed by atoms with Crippen LogP contribution in [0.4, 0.5) is 0 Å². The fourth-order valence-corrected chi connectivity index (χ4v) is 3.55. The normalized spacial score (nSPS) is 19.7. The molecule has 2 aromatic rings. The van der Waals surface area contributed by atoms with Gasteiger partial charge in [0, 0.05) is 43.2 Å². The molecule has 26 heavy (non-hydrogen) atoms. The Hall–Kier alpha value is -1.95. The van der Waals surface area contributed by atoms with Crippen LogP contribution >= 0.6 is 12.4 Å². The standard InChI is InChI=1S/C20H26N2O3.ClH/c1-23-18-10-20(25-3)19(24-2)9-15(18)11-22-12-16(17(21)13-22)14-7-5-4-6-8-14;/h4-10,16-17H,11-13,21H2,1-3H3;1H/t16-,17+;/m0./s1. The lowest BCUT2D eigenvalue weighted by Crippen LogP contribution is -2.28. The van der Waals surface area contributed by atoms with Crippen molar-refractivity contribution in [3.05, 3.63) is 53.6 Å². The molecule has 0 spiro atoms. The number of rotatable bonds is 6. The van der Waals surface area contributed by atoms with E-state index in [0.29, 0.717) is 17.4 Å². The first-order valence-electron chi connectivity index (χ1n) is 8.48. The number of methoxy groups -OCH3 is 3. The number of nitrogens with two attached hydrogens (primary N) is 1. The lowest BCUT2D eigenvalue weighted by atomic mass is 9.95. The average molecular weight is 379 g/mol. The topological polar surface area (TPSA) is 57.0 Å². The maximum atomic E-state index is 6.41. The SMILES string of the molecule is COc1cc(OC)c(OC)cc1CN1C[C@@H](N)[C@H](c2ccccc2)C1.Cl. The number of benzene rings is 2. The number of ether oxygens (including phenoxy) is 3. The molecular formula is C20H27ClN2O3. The monoisotopic (exact) mass is 378 g/mol. The molecule has 1 heterocycles. The third-order valence-electron chi connectivity index (χ3n) is 4.85. The molecule has 6 heteroatoms. The molecule has 0 aromatic heterocycles. The van der Waals surface area contributed by atoms with Gasteiger partial charge in [-0.1, -0.05) is 30.3 Å². The van der Waals surface area contributed by atoms with Crippen molar-refractivity contribution in [2.75, 3.05) is 34.4 Å². The summed E-state index contributed by atoms with van der Waals surface area (Å²) in [5, 5.41) is 0. The Morgan fingerprint density at radius 1 is 0.923 bits per heavy atom. The molecule has 1 fully saturated rings. The van der Waals surface area contributed by atoms with Crippen molar-refractivity contribution in [2.24, 2.45) is 5.73 Å². The fraction of sp³-hybridized carbons (Fsp3) is 0.400. The van der Waals surface area contributed by atoms with E-state index in [-0.39, 0.29) is 18.4 Å². The third-order valence-corrected chi connectivity index (χ3v) is 4.85. The lowest BCUT2D eigenvalue weighted by molar-refractivity contribution is 0.309. The highest BCUT2D eigenvalue weighted by molar-refractivity contribution is 5.85. The van der Waals surface area contributed by atoms with Crippen molar-refractivity contribution in [3.8, 4) is 17.2 Å². The second kappa shape index (κ2) is 9.12. The number of nitrogens with zero attached hydrogens (tertiary/aromatic N) is 1. The molecule has 0 bridgehead atoms. The van der Waals surface area contributed by atoms with Gasteiger partial charge in [0.2, 0.25) is 0 Å². The minimum absolute atomic E-state index is 0. The lowest BCUT2D eigenvalue weighted by Gasteiger charge is -2.19. The van der Waals surface area contributed by atoms with Gasteiger partial charge in [-0.25, -0.2) is 0 Å². The molecule has 3 rings (SSSR count). The number of likely N-dealkylation sites (tertiary alicyclic amines) is 1. The van der Waals surface area contributed by atoms with Crippen molar-refractivity contribution in [1.82, 2.24) is 4.90 Å². The Kier molecular flexibility index (Phi) is 7.14. The number of hydrogen-bond donors (Lipinski definition) is 1. The Labute approximate surface area is 161 Å². The minimum Gasteiger partial charge on any atom is -0.496 e. The van der Waals surface area contributed by atoms with Crippen molar-refractivity contribution in [1.29, 1.82) is 0 Å². The summed E-state index contributed by atoms with van der Waals surface area (Å²) in [6.45, 7) is 2.56. The summed E-state index contributed by atoms with van der Waals surface area (Å²) in [7, 11) is 4.94. The summed E-state index contributed by atoms with van der Waals surface area (Å²) in [4.78, 5) is 2.37. The highest BCUT2D eigenvalue weighted by atomic mass is 35.5. The molecule has 0 amide bonds. The minimum atomic E-state index is 0. The number of halogens is 1. The fourth-order valence-electron chi connectivity index (χ4n) is 3.55. The van der Waals surface area contributed by atoms with E-state index in [9.17, 15) is 0 Å². The van der Waals surface area contributed by atoms with Gasteiger partial charge in [-0.2, -0.15) is 0 Å². The average Bonchev–Trinajstić information content (AvgIpc) is 3.02. The second-order valence-corrected chi connectivity index (χ2v) is 6.39. The maximum Gasteiger partial charge on any atom is 0.164 e. The van der Waals surface area contributed by atoms with Gasteiger partial charge in [-0.15, -0.1) is 12.4 Å². The van der Waals surface area contributed by atoms with Crippen LogP contribution in [0.5, 0.6) is 17.2 Å². The van der Waals surface area contributed by atoms with E-state index in [0.717, 1.165) is 30.9 Å². The van der Waals surface area contributed by atoms with E-state index >= 15 is 0 Å². The molecule has 0 aliphatic carbocycles. The third kappa shape index (κ3) is 4.23. The van der Waals surface area contributed by atoms with Crippen LogP contribution in [0.1, 0.15) is 17.0 Å². The smallest absolute Gasteiger partial charge is 0.164 e. The van der Waals surface area contributed by atoms with Crippen LogP contribution in [0.25, 0.3) is 0 Å². The molecule has 0 radical (unpaired) electrons. The van der Waals surface area contributed by atoms with Crippen LogP contribution in [-0.2, 0) is 6.54 Å². The molecule has 0 unspecified atom stereocenters. The Bertz CT molecular complexity index is 712. The van der Waals surface area contributed by atoms with Gasteiger partial charge >= 0.3 is 0 Å². The van der Waals surface area contributed by atoms with Gasteiger partial charge < -0.3 is 19.9 Å². The summed E-state index contributed by atoms with van der Waals surface area (Å²) in [6, 6.07) is 14.5. The molecule has 142 valence electrons. The first kappa shape index (κ1) is 20.4. The Morgan fingerprint density at radius 2 is 1.54 bits per heavy atom. The maximum absolute atomic E-state index is 6.41. The summed E-state index contributed by atoms with van der Waals surface area (Å²) in [5.41, 5.74) is 8.78. The summed E-state index contributed by atoms with van der Waals surface area (Å²) < 4.78 is 16.3. The van der Waals surface area contributed by atoms with E-state index in [1.165, 1.54) is 5.56 Å². The van der Waals surface area contributed by atoms with E-state index < -0.39 is 0 Å². The Morgan fingerprint density at radius 3 is 2.15 bits per heavy atom. The molecule has 2 atom stereocenters. The molecule has 2 N–H and O–H groups in total. The van der Waals surface area contributed by atoms with E-state index in [2.05, 4.69) is 29.2 Å². The summed E-state index contributed by atoms with van der Waals surface area (Å²) >= 11 is 0. The van der Waals surface area contributed by atoms with Crippen LogP contribution in [0.15, 0.2) is 42.5 Å². The van der Waals surface area contributed by atoms with Gasteiger partial charge in [0.25, 0.3) is 0 Å². The largest absolute Gasteiger partial charge is 0.496 e. The Balaban J connectivity index is 0.00000243. The second-order valence-electron chi connectivity index (χ2n) is 6.39. The van der Waals surface area contributed by atoms with E-state index in [1.807, 2.05) is 18.2 Å². The molecule has 5 nitrogen and oxygen atoms in total. The van der Waals surface area contributed by atoms with Gasteiger partial charge in [0.05, 0.1) is 21.3 Å². The zero-order chi connectivity index (χ0) is 17.8. The quantitative estimate of drug-likeness (QED) is 0.837. The van der Waals surface area contributed by atoms with Crippen LogP contribution in [0.2, 0.25) is 0 Å². The first-order chi connectivity index (χ1) is 12.2. The zero-order valence-corrected chi connectivity index (χ0v) is 16.3. The summed E-state index contributed by atoms with van der Waals surface area (Å²) in [6.07, 6.45) is 0. The van der Waals surface area contributed by atoms with Crippen LogP contribution in [-0.4, -0.2) is 45.4 Å². The highest BCUT2D eigenvalue weighted by Crippen LogP contribution is 2.36. The predicted octanol–water partition coefficient (Wildman–Crippen LogP) is 3.06. The molecule has 1 aliphatic heterocycles. The van der Waals surface area contributed by atoms with Crippen molar-refractivity contribution < 1.29 is 14.2 Å². The first-order valence-corrected chi connectivity index (χ1v) is 8.48. The van der Waals surface area contributed by atoms with Crippen molar-refractivity contribution in [3.63, 3.8) is 0 Å². The molecule has 0 saturated carbocycles. The molecular weight excluding hydrogens is 352 g/mol. The van der Waals surface area contributed by atoms with Gasteiger partial charge in [-0.3, -0.25) is 4.90 Å².